The van der Waals surface area contributed by atoms with Gasteiger partial charge in [0.15, 0.2) is 18.0 Å². The standard InChI is InChI=1S/C15H14N6O3/c1-8-5-4-6-11-13(8)23-18-14(11)22-7-12-16-19-20-21(12)15-9(2)10(3)17-24-15/h4-6H,7H2,1-3H3. The topological polar surface area (TPSA) is 105 Å². The van der Waals surface area contributed by atoms with Gasteiger partial charge in [-0.3, -0.25) is 0 Å². The van der Waals surface area contributed by atoms with Crippen LogP contribution in [0.15, 0.2) is 27.2 Å². The van der Waals surface area contributed by atoms with E-state index in [1.165, 1.54) is 4.68 Å². The van der Waals surface area contributed by atoms with Gasteiger partial charge in [-0.1, -0.05) is 17.3 Å². The van der Waals surface area contributed by atoms with E-state index in [9.17, 15) is 0 Å². The number of rotatable bonds is 4. The van der Waals surface area contributed by atoms with Gasteiger partial charge < -0.3 is 13.8 Å². The van der Waals surface area contributed by atoms with Crippen molar-refractivity contribution in [1.29, 1.82) is 0 Å². The lowest BCUT2D eigenvalue weighted by molar-refractivity contribution is 0.261. The monoisotopic (exact) mass is 326 g/mol. The first kappa shape index (κ1) is 14.4. The molecule has 4 rings (SSSR count). The number of ether oxygens (including phenoxy) is 1. The molecule has 0 spiro atoms. The van der Waals surface area contributed by atoms with E-state index in [0.717, 1.165) is 22.2 Å². The van der Waals surface area contributed by atoms with Crippen molar-refractivity contribution in [2.45, 2.75) is 27.4 Å². The van der Waals surface area contributed by atoms with Gasteiger partial charge in [0, 0.05) is 5.56 Å². The summed E-state index contributed by atoms with van der Waals surface area (Å²) in [5, 5.41) is 20.3. The Balaban J connectivity index is 1.62. The van der Waals surface area contributed by atoms with Crippen molar-refractivity contribution in [1.82, 2.24) is 30.5 Å². The SMILES string of the molecule is Cc1noc(-n2nnnc2COc2noc3c(C)cccc23)c1C. The predicted molar refractivity (Wildman–Crippen MR) is 81.8 cm³/mol. The average molecular weight is 326 g/mol. The Morgan fingerprint density at radius 3 is 2.79 bits per heavy atom. The number of fused-ring (bicyclic) bond motifs is 1. The fraction of sp³-hybridized carbons (Fsp3) is 0.267. The van der Waals surface area contributed by atoms with Crippen LogP contribution in [0.1, 0.15) is 22.6 Å². The Morgan fingerprint density at radius 1 is 1.12 bits per heavy atom. The van der Waals surface area contributed by atoms with Gasteiger partial charge in [-0.05, 0) is 48.0 Å². The van der Waals surface area contributed by atoms with Gasteiger partial charge >= 0.3 is 0 Å². The highest BCUT2D eigenvalue weighted by molar-refractivity contribution is 5.84. The molecule has 0 saturated carbocycles. The van der Waals surface area contributed by atoms with Crippen molar-refractivity contribution in [3.63, 3.8) is 0 Å². The maximum atomic E-state index is 5.74. The Bertz CT molecular complexity index is 1020. The van der Waals surface area contributed by atoms with Crippen LogP contribution in [0.4, 0.5) is 0 Å². The normalized spacial score (nSPS) is 11.3. The summed E-state index contributed by atoms with van der Waals surface area (Å²) in [7, 11) is 0. The van der Waals surface area contributed by atoms with E-state index in [1.807, 2.05) is 39.0 Å². The Kier molecular flexibility index (Phi) is 3.26. The summed E-state index contributed by atoms with van der Waals surface area (Å²) < 4.78 is 17.8. The summed E-state index contributed by atoms with van der Waals surface area (Å²) in [6, 6.07) is 5.76. The average Bonchev–Trinajstić information content (AvgIpc) is 3.27. The number of nitrogens with zero attached hydrogens (tertiary/aromatic N) is 6. The Labute approximate surface area is 136 Å². The number of aryl methyl sites for hydroxylation is 2. The van der Waals surface area contributed by atoms with Gasteiger partial charge in [0.05, 0.1) is 11.1 Å². The zero-order valence-electron chi connectivity index (χ0n) is 13.3. The van der Waals surface area contributed by atoms with Crippen LogP contribution < -0.4 is 4.74 Å². The van der Waals surface area contributed by atoms with E-state index in [4.69, 9.17) is 13.8 Å². The fourth-order valence-corrected chi connectivity index (χ4v) is 2.37. The summed E-state index contributed by atoms with van der Waals surface area (Å²) >= 11 is 0. The van der Waals surface area contributed by atoms with Gasteiger partial charge in [0.2, 0.25) is 0 Å². The molecule has 3 aromatic heterocycles. The molecule has 0 aliphatic rings. The van der Waals surface area contributed by atoms with Gasteiger partial charge in [-0.15, -0.1) is 5.10 Å². The van der Waals surface area contributed by atoms with Crippen LogP contribution in [0.2, 0.25) is 0 Å². The molecule has 0 atom stereocenters. The predicted octanol–water partition coefficient (Wildman–Crippen LogP) is 2.30. The number of aromatic nitrogens is 6. The van der Waals surface area contributed by atoms with Gasteiger partial charge in [0.25, 0.3) is 11.8 Å². The molecule has 9 heteroatoms. The molecule has 4 aromatic rings. The summed E-state index contributed by atoms with van der Waals surface area (Å²) in [6.07, 6.45) is 0. The largest absolute Gasteiger partial charge is 0.467 e. The molecule has 3 heterocycles. The van der Waals surface area contributed by atoms with E-state index >= 15 is 0 Å². The molecular formula is C15H14N6O3. The van der Waals surface area contributed by atoms with Crippen LogP contribution in [0.25, 0.3) is 16.9 Å². The quantitative estimate of drug-likeness (QED) is 0.562. The second-order valence-electron chi connectivity index (χ2n) is 5.43. The lowest BCUT2D eigenvalue weighted by Gasteiger charge is -2.03. The molecule has 0 aliphatic heterocycles. The highest BCUT2D eigenvalue weighted by Gasteiger charge is 2.18. The van der Waals surface area contributed by atoms with Crippen LogP contribution in [0, 0.1) is 20.8 Å². The number of hydrogen-bond acceptors (Lipinski definition) is 8. The molecule has 0 unspecified atom stereocenters. The molecule has 1 aromatic carbocycles. The number of para-hydroxylation sites is 1. The highest BCUT2D eigenvalue weighted by atomic mass is 16.5. The third kappa shape index (κ3) is 2.21. The van der Waals surface area contributed by atoms with E-state index in [-0.39, 0.29) is 6.61 Å². The smallest absolute Gasteiger partial charge is 0.262 e. The summed E-state index contributed by atoms with van der Waals surface area (Å²) in [4.78, 5) is 0. The first-order valence-electron chi connectivity index (χ1n) is 7.33. The van der Waals surface area contributed by atoms with E-state index in [0.29, 0.717) is 23.2 Å². The zero-order chi connectivity index (χ0) is 16.7. The minimum Gasteiger partial charge on any atom is -0.467 e. The Morgan fingerprint density at radius 2 is 2.00 bits per heavy atom. The molecule has 0 N–H and O–H groups in total. The Hall–Kier alpha value is -3.23. The number of tetrazole rings is 1. The van der Waals surface area contributed by atoms with Crippen molar-refractivity contribution in [3.05, 3.63) is 40.8 Å². The first-order valence-corrected chi connectivity index (χ1v) is 7.33. The van der Waals surface area contributed by atoms with E-state index < -0.39 is 0 Å². The van der Waals surface area contributed by atoms with Crippen LogP contribution in [-0.4, -0.2) is 30.5 Å². The van der Waals surface area contributed by atoms with Gasteiger partial charge in [-0.25, -0.2) is 0 Å². The zero-order valence-corrected chi connectivity index (χ0v) is 13.3. The maximum absolute atomic E-state index is 5.74. The second kappa shape index (κ2) is 5.44. The van der Waals surface area contributed by atoms with Crippen LogP contribution >= 0.6 is 0 Å². The fourth-order valence-electron chi connectivity index (χ4n) is 2.37. The van der Waals surface area contributed by atoms with Crippen molar-refractivity contribution in [2.75, 3.05) is 0 Å². The molecule has 0 amide bonds. The number of benzene rings is 1. The number of hydrogen-bond donors (Lipinski definition) is 0. The summed E-state index contributed by atoms with van der Waals surface area (Å²) in [5.74, 6) is 1.34. The van der Waals surface area contributed by atoms with Crippen molar-refractivity contribution < 1.29 is 13.8 Å². The molecule has 24 heavy (non-hydrogen) atoms. The second-order valence-corrected chi connectivity index (χ2v) is 5.43. The van der Waals surface area contributed by atoms with Crippen LogP contribution in [0.3, 0.4) is 0 Å². The van der Waals surface area contributed by atoms with Crippen molar-refractivity contribution >= 4 is 11.0 Å². The molecule has 0 radical (unpaired) electrons. The van der Waals surface area contributed by atoms with E-state index in [1.54, 1.807) is 0 Å². The molecular weight excluding hydrogens is 312 g/mol. The minimum absolute atomic E-state index is 0.113. The highest BCUT2D eigenvalue weighted by Crippen LogP contribution is 2.27. The van der Waals surface area contributed by atoms with Crippen molar-refractivity contribution in [3.8, 4) is 11.8 Å². The molecule has 122 valence electrons. The summed E-state index contributed by atoms with van der Waals surface area (Å²) in [6.45, 7) is 5.81. The lowest BCUT2D eigenvalue weighted by Crippen LogP contribution is -2.07. The van der Waals surface area contributed by atoms with Crippen LogP contribution in [0.5, 0.6) is 5.88 Å². The summed E-state index contributed by atoms with van der Waals surface area (Å²) in [5.41, 5.74) is 3.35. The molecule has 0 saturated heterocycles. The molecule has 0 aliphatic carbocycles. The molecule has 0 fully saturated rings. The third-order valence-corrected chi connectivity index (χ3v) is 3.86. The van der Waals surface area contributed by atoms with Gasteiger partial charge in [-0.2, -0.15) is 4.68 Å². The first-order chi connectivity index (χ1) is 11.6. The molecule has 0 bridgehead atoms. The van der Waals surface area contributed by atoms with Gasteiger partial charge in [0.1, 0.15) is 0 Å². The lowest BCUT2D eigenvalue weighted by atomic mass is 10.2. The molecule has 9 nitrogen and oxygen atoms in total. The van der Waals surface area contributed by atoms with Crippen LogP contribution in [-0.2, 0) is 6.61 Å². The third-order valence-electron chi connectivity index (χ3n) is 3.86. The van der Waals surface area contributed by atoms with Crippen molar-refractivity contribution in [2.24, 2.45) is 0 Å². The minimum atomic E-state index is 0.113. The maximum Gasteiger partial charge on any atom is 0.262 e. The van der Waals surface area contributed by atoms with E-state index in [2.05, 4.69) is 25.8 Å².